The van der Waals surface area contributed by atoms with E-state index in [1.54, 1.807) is 36.4 Å². The lowest BCUT2D eigenvalue weighted by Crippen LogP contribution is -2.21. The van der Waals surface area contributed by atoms with Crippen LogP contribution in [0.4, 0.5) is 0 Å². The summed E-state index contributed by atoms with van der Waals surface area (Å²) in [6.07, 6.45) is 0. The molecule has 0 radical (unpaired) electrons. The molecule has 2 aromatic rings. The molecule has 3 rings (SSSR count). The molecule has 1 saturated heterocycles. The Kier molecular flexibility index (Phi) is 3.81. The van der Waals surface area contributed by atoms with E-state index >= 15 is 0 Å². The van der Waals surface area contributed by atoms with Crippen LogP contribution in [0.1, 0.15) is 17.2 Å². The fraction of sp³-hybridized carbons (Fsp3) is 0.0588. The molecular weight excluding hydrogens is 346 g/mol. The van der Waals surface area contributed by atoms with Gasteiger partial charge in [0.15, 0.2) is 0 Å². The van der Waals surface area contributed by atoms with Crippen molar-refractivity contribution in [2.75, 3.05) is 0 Å². The van der Waals surface area contributed by atoms with Crippen LogP contribution < -0.4 is 5.32 Å². The van der Waals surface area contributed by atoms with E-state index in [2.05, 4.69) is 21.2 Å². The van der Waals surface area contributed by atoms with Crippen LogP contribution in [0.25, 0.3) is 5.76 Å². The van der Waals surface area contributed by atoms with Crippen LogP contribution in [0.15, 0.2) is 64.6 Å². The number of hydrogen-bond donors (Lipinski definition) is 2. The van der Waals surface area contributed by atoms with Crippen molar-refractivity contribution in [1.29, 1.82) is 0 Å². The molecule has 0 saturated carbocycles. The maximum Gasteiger partial charge on any atom is 0.293 e. The highest BCUT2D eigenvalue weighted by molar-refractivity contribution is 9.10. The number of nitrogens with one attached hydrogen (secondary N) is 1. The van der Waals surface area contributed by atoms with E-state index in [4.69, 9.17) is 0 Å². The quantitative estimate of drug-likeness (QED) is 0.492. The van der Waals surface area contributed by atoms with E-state index in [9.17, 15) is 14.7 Å². The van der Waals surface area contributed by atoms with Gasteiger partial charge < -0.3 is 10.4 Å². The number of ketones is 1. The number of carbonyl (C=O) groups excluding carboxylic acids is 2. The zero-order valence-electron chi connectivity index (χ0n) is 11.4. The van der Waals surface area contributed by atoms with Crippen LogP contribution in [0, 0.1) is 0 Å². The molecule has 0 aliphatic carbocycles. The molecular formula is C17H12BrNO3. The summed E-state index contributed by atoms with van der Waals surface area (Å²) in [6.45, 7) is 0. The van der Waals surface area contributed by atoms with Crippen LogP contribution in [-0.2, 0) is 9.59 Å². The Hall–Kier alpha value is -2.40. The maximum atomic E-state index is 12.1. The van der Waals surface area contributed by atoms with E-state index in [0.29, 0.717) is 5.56 Å². The molecule has 1 atom stereocenters. The lowest BCUT2D eigenvalue weighted by molar-refractivity contribution is -0.133. The van der Waals surface area contributed by atoms with Gasteiger partial charge in [0.2, 0.25) is 0 Å². The Bertz CT molecular complexity index is 766. The van der Waals surface area contributed by atoms with E-state index in [1.807, 2.05) is 18.2 Å². The summed E-state index contributed by atoms with van der Waals surface area (Å²) < 4.78 is 0.862. The molecule has 110 valence electrons. The number of benzene rings is 2. The van der Waals surface area contributed by atoms with Crippen molar-refractivity contribution in [3.63, 3.8) is 0 Å². The van der Waals surface area contributed by atoms with Crippen molar-refractivity contribution < 1.29 is 14.7 Å². The third kappa shape index (κ3) is 2.55. The molecule has 2 N–H and O–H groups in total. The van der Waals surface area contributed by atoms with Crippen molar-refractivity contribution in [2.45, 2.75) is 6.04 Å². The lowest BCUT2D eigenvalue weighted by atomic mass is 9.96. The largest absolute Gasteiger partial charge is 0.507 e. The molecule has 0 unspecified atom stereocenters. The monoisotopic (exact) mass is 357 g/mol. The van der Waals surface area contributed by atoms with Gasteiger partial charge in [0.1, 0.15) is 5.76 Å². The predicted molar refractivity (Wildman–Crippen MR) is 86.0 cm³/mol. The number of rotatable bonds is 2. The number of Topliss-reactive ketones (excluding diaryl/α,β-unsaturated/α-hetero) is 1. The Morgan fingerprint density at radius 3 is 2.27 bits per heavy atom. The first-order chi connectivity index (χ1) is 10.6. The van der Waals surface area contributed by atoms with Gasteiger partial charge in [-0.3, -0.25) is 9.59 Å². The molecule has 1 fully saturated rings. The van der Waals surface area contributed by atoms with Crippen molar-refractivity contribution in [3.8, 4) is 0 Å². The molecule has 1 aliphatic rings. The molecule has 1 amide bonds. The first-order valence-corrected chi connectivity index (χ1v) is 7.46. The zero-order valence-corrected chi connectivity index (χ0v) is 13.0. The second kappa shape index (κ2) is 5.77. The second-order valence-corrected chi connectivity index (χ2v) is 5.83. The minimum atomic E-state index is -0.701. The summed E-state index contributed by atoms with van der Waals surface area (Å²) >= 11 is 3.32. The van der Waals surface area contributed by atoms with Gasteiger partial charge in [-0.25, -0.2) is 0 Å². The smallest absolute Gasteiger partial charge is 0.293 e. The van der Waals surface area contributed by atoms with E-state index in [0.717, 1.165) is 10.0 Å². The van der Waals surface area contributed by atoms with Crippen LogP contribution in [0.3, 0.4) is 0 Å². The highest BCUT2D eigenvalue weighted by Gasteiger charge is 2.39. The Morgan fingerprint density at radius 2 is 1.64 bits per heavy atom. The SMILES string of the molecule is O=C1N[C@@H](c2ccccc2)C(=C(O)c2ccc(Br)cc2)C1=O. The topological polar surface area (TPSA) is 66.4 Å². The molecule has 1 aliphatic heterocycles. The van der Waals surface area contributed by atoms with Crippen molar-refractivity contribution in [3.05, 3.63) is 75.8 Å². The van der Waals surface area contributed by atoms with Gasteiger partial charge in [0.05, 0.1) is 11.6 Å². The summed E-state index contributed by atoms with van der Waals surface area (Å²) in [5, 5.41) is 13.1. The molecule has 0 aromatic heterocycles. The lowest BCUT2D eigenvalue weighted by Gasteiger charge is -2.13. The number of aliphatic hydroxyl groups is 1. The predicted octanol–water partition coefficient (Wildman–Crippen LogP) is 3.16. The fourth-order valence-electron chi connectivity index (χ4n) is 2.43. The van der Waals surface area contributed by atoms with Crippen LogP contribution in [0.2, 0.25) is 0 Å². The van der Waals surface area contributed by atoms with Gasteiger partial charge in [-0.1, -0.05) is 58.4 Å². The van der Waals surface area contributed by atoms with E-state index in [1.165, 1.54) is 0 Å². The number of aliphatic hydroxyl groups excluding tert-OH is 1. The van der Waals surface area contributed by atoms with Crippen molar-refractivity contribution in [2.24, 2.45) is 0 Å². The zero-order chi connectivity index (χ0) is 15.7. The third-order valence-corrected chi connectivity index (χ3v) is 4.05. The van der Waals surface area contributed by atoms with E-state index in [-0.39, 0.29) is 11.3 Å². The van der Waals surface area contributed by atoms with Gasteiger partial charge in [-0.15, -0.1) is 0 Å². The third-order valence-electron chi connectivity index (χ3n) is 3.52. The summed E-state index contributed by atoms with van der Waals surface area (Å²) in [5.41, 5.74) is 1.32. The molecule has 5 heteroatoms. The Labute approximate surface area is 135 Å². The molecule has 22 heavy (non-hydrogen) atoms. The van der Waals surface area contributed by atoms with Crippen LogP contribution in [0.5, 0.6) is 0 Å². The minimum Gasteiger partial charge on any atom is -0.507 e. The van der Waals surface area contributed by atoms with Gasteiger partial charge in [0, 0.05) is 10.0 Å². The van der Waals surface area contributed by atoms with Gasteiger partial charge in [-0.2, -0.15) is 0 Å². The summed E-state index contributed by atoms with van der Waals surface area (Å²) in [6, 6.07) is 15.4. The molecule has 2 aromatic carbocycles. The van der Waals surface area contributed by atoms with Crippen LogP contribution in [-0.4, -0.2) is 16.8 Å². The average Bonchev–Trinajstić information content (AvgIpc) is 2.84. The van der Waals surface area contributed by atoms with Gasteiger partial charge in [0.25, 0.3) is 11.7 Å². The standard InChI is InChI=1S/C17H12BrNO3/c18-12-8-6-11(7-9-12)15(20)13-14(19-17(22)16(13)21)10-4-2-1-3-5-10/h1-9,14,20H,(H,19,22)/t14-/m0/s1. The average molecular weight is 358 g/mol. The Balaban J connectivity index is 2.11. The molecule has 0 bridgehead atoms. The second-order valence-electron chi connectivity index (χ2n) is 4.92. The number of hydrogen-bond acceptors (Lipinski definition) is 3. The molecule has 1 heterocycles. The van der Waals surface area contributed by atoms with Gasteiger partial charge in [-0.05, 0) is 17.7 Å². The van der Waals surface area contributed by atoms with Crippen molar-refractivity contribution >= 4 is 33.4 Å². The normalized spacial score (nSPS) is 20.0. The number of amides is 1. The van der Waals surface area contributed by atoms with Gasteiger partial charge >= 0.3 is 0 Å². The highest BCUT2D eigenvalue weighted by Crippen LogP contribution is 2.32. The first kappa shape index (κ1) is 14.5. The minimum absolute atomic E-state index is 0.0820. The maximum absolute atomic E-state index is 12.1. The Morgan fingerprint density at radius 1 is 1.00 bits per heavy atom. The fourth-order valence-corrected chi connectivity index (χ4v) is 2.69. The van der Waals surface area contributed by atoms with E-state index < -0.39 is 17.7 Å². The summed E-state index contributed by atoms with van der Waals surface area (Å²) in [7, 11) is 0. The molecule has 4 nitrogen and oxygen atoms in total. The molecule has 0 spiro atoms. The summed E-state index contributed by atoms with van der Waals surface area (Å²) in [4.78, 5) is 23.9. The van der Waals surface area contributed by atoms with Crippen LogP contribution >= 0.6 is 15.9 Å². The van der Waals surface area contributed by atoms with Crippen molar-refractivity contribution in [1.82, 2.24) is 5.32 Å². The summed E-state index contributed by atoms with van der Waals surface area (Å²) in [5.74, 6) is -1.58. The highest BCUT2D eigenvalue weighted by atomic mass is 79.9. The number of halogens is 1. The first-order valence-electron chi connectivity index (χ1n) is 6.67. The number of carbonyl (C=O) groups is 2.